The summed E-state index contributed by atoms with van der Waals surface area (Å²) >= 11 is 5.60. The Morgan fingerprint density at radius 1 is 1.50 bits per heavy atom. The van der Waals surface area contributed by atoms with E-state index in [1.807, 2.05) is 13.8 Å². The van der Waals surface area contributed by atoms with Crippen LogP contribution in [0.5, 0.6) is 5.75 Å². The summed E-state index contributed by atoms with van der Waals surface area (Å²) < 4.78 is 18.6. The van der Waals surface area contributed by atoms with E-state index in [1.54, 1.807) is 6.07 Å². The zero-order valence-electron chi connectivity index (χ0n) is 9.26. The van der Waals surface area contributed by atoms with Gasteiger partial charge in [0.05, 0.1) is 23.1 Å². The van der Waals surface area contributed by atoms with Gasteiger partial charge in [0.2, 0.25) is 0 Å². The van der Waals surface area contributed by atoms with Crippen LogP contribution >= 0.6 is 11.6 Å². The molecule has 0 aliphatic rings. The van der Waals surface area contributed by atoms with Gasteiger partial charge in [-0.05, 0) is 32.4 Å². The summed E-state index contributed by atoms with van der Waals surface area (Å²) in [7, 11) is 0. The summed E-state index contributed by atoms with van der Waals surface area (Å²) in [6, 6.07) is 6.75. The second-order valence-corrected chi connectivity index (χ2v) is 4.55. The number of hydrogen-bond acceptors (Lipinski definition) is 2. The van der Waals surface area contributed by atoms with Crippen LogP contribution in [0.4, 0.5) is 4.39 Å². The van der Waals surface area contributed by atoms with Gasteiger partial charge in [-0.1, -0.05) is 17.7 Å². The van der Waals surface area contributed by atoms with Gasteiger partial charge in [-0.2, -0.15) is 5.26 Å². The first kappa shape index (κ1) is 12.8. The van der Waals surface area contributed by atoms with Crippen molar-refractivity contribution >= 4 is 11.6 Å². The molecule has 1 aromatic rings. The van der Waals surface area contributed by atoms with Gasteiger partial charge in [0.25, 0.3) is 0 Å². The number of ether oxygens (including phenoxy) is 1. The zero-order valence-corrected chi connectivity index (χ0v) is 10.0. The standard InChI is InChI=1S/C12H13ClFNO/c1-12(2,8-15)6-7-16-10-5-3-4-9(13)11(10)14/h3-5H,6-7H2,1-2H3. The molecule has 0 unspecified atom stereocenters. The second-order valence-electron chi connectivity index (χ2n) is 4.15. The van der Waals surface area contributed by atoms with E-state index in [0.29, 0.717) is 6.42 Å². The van der Waals surface area contributed by atoms with E-state index in [2.05, 4.69) is 6.07 Å². The topological polar surface area (TPSA) is 33.0 Å². The Hall–Kier alpha value is -1.27. The molecule has 0 amide bonds. The molecule has 0 aliphatic carbocycles. The molecule has 0 N–H and O–H groups in total. The van der Waals surface area contributed by atoms with E-state index in [0.717, 1.165) is 0 Å². The molecule has 4 heteroatoms. The van der Waals surface area contributed by atoms with Gasteiger partial charge in [-0.25, -0.2) is 4.39 Å². The number of hydrogen-bond donors (Lipinski definition) is 0. The average molecular weight is 242 g/mol. The predicted octanol–water partition coefficient (Wildman–Crippen LogP) is 3.80. The quantitative estimate of drug-likeness (QED) is 0.803. The first-order chi connectivity index (χ1) is 7.46. The van der Waals surface area contributed by atoms with Gasteiger partial charge in [-0.15, -0.1) is 0 Å². The van der Waals surface area contributed by atoms with Crippen LogP contribution in [0.1, 0.15) is 20.3 Å². The molecule has 1 aromatic carbocycles. The molecule has 86 valence electrons. The van der Waals surface area contributed by atoms with Crippen molar-refractivity contribution < 1.29 is 9.13 Å². The Morgan fingerprint density at radius 2 is 2.19 bits per heavy atom. The van der Waals surface area contributed by atoms with Crippen LogP contribution in [-0.4, -0.2) is 6.61 Å². The highest BCUT2D eigenvalue weighted by atomic mass is 35.5. The van der Waals surface area contributed by atoms with Crippen molar-refractivity contribution in [2.75, 3.05) is 6.61 Å². The van der Waals surface area contributed by atoms with Crippen molar-refractivity contribution in [3.8, 4) is 11.8 Å². The van der Waals surface area contributed by atoms with Crippen molar-refractivity contribution in [1.82, 2.24) is 0 Å². The van der Waals surface area contributed by atoms with Crippen molar-refractivity contribution in [1.29, 1.82) is 5.26 Å². The number of rotatable bonds is 4. The second kappa shape index (κ2) is 5.18. The Balaban J connectivity index is 2.57. The van der Waals surface area contributed by atoms with Crippen molar-refractivity contribution in [2.24, 2.45) is 5.41 Å². The molecular weight excluding hydrogens is 229 g/mol. The normalized spacial score (nSPS) is 10.9. The monoisotopic (exact) mass is 241 g/mol. The van der Waals surface area contributed by atoms with Gasteiger partial charge < -0.3 is 4.74 Å². The molecule has 16 heavy (non-hydrogen) atoms. The number of nitriles is 1. The van der Waals surface area contributed by atoms with Gasteiger partial charge >= 0.3 is 0 Å². The maximum Gasteiger partial charge on any atom is 0.183 e. The third-order valence-corrected chi connectivity index (χ3v) is 2.50. The van der Waals surface area contributed by atoms with Crippen molar-refractivity contribution in [2.45, 2.75) is 20.3 Å². The van der Waals surface area contributed by atoms with E-state index in [-0.39, 0.29) is 17.4 Å². The fourth-order valence-corrected chi connectivity index (χ4v) is 1.23. The van der Waals surface area contributed by atoms with Gasteiger partial charge in [-0.3, -0.25) is 0 Å². The Bertz CT molecular complexity index is 412. The lowest BCUT2D eigenvalue weighted by molar-refractivity contribution is 0.254. The molecule has 0 radical (unpaired) electrons. The summed E-state index contributed by atoms with van der Waals surface area (Å²) in [5, 5.41) is 8.83. The van der Waals surface area contributed by atoms with E-state index >= 15 is 0 Å². The molecule has 0 bridgehead atoms. The van der Waals surface area contributed by atoms with Crippen LogP contribution in [0.2, 0.25) is 5.02 Å². The number of halogens is 2. The minimum Gasteiger partial charge on any atom is -0.490 e. The molecule has 0 aromatic heterocycles. The van der Waals surface area contributed by atoms with Crippen molar-refractivity contribution in [3.05, 3.63) is 29.0 Å². The maximum absolute atomic E-state index is 13.4. The van der Waals surface area contributed by atoms with Gasteiger partial charge in [0, 0.05) is 0 Å². The van der Waals surface area contributed by atoms with Crippen LogP contribution in [0, 0.1) is 22.6 Å². The first-order valence-corrected chi connectivity index (χ1v) is 5.32. The van der Waals surface area contributed by atoms with E-state index in [4.69, 9.17) is 21.6 Å². The predicted molar refractivity (Wildman–Crippen MR) is 60.9 cm³/mol. The zero-order chi connectivity index (χ0) is 12.2. The SMILES string of the molecule is CC(C)(C#N)CCOc1cccc(Cl)c1F. The Labute approximate surface area is 99.6 Å². The molecule has 0 aliphatic heterocycles. The van der Waals surface area contributed by atoms with E-state index in [9.17, 15) is 4.39 Å². The summed E-state index contributed by atoms with van der Waals surface area (Å²) in [5.74, 6) is -0.430. The number of nitrogens with zero attached hydrogens (tertiary/aromatic N) is 1. The highest BCUT2D eigenvalue weighted by Crippen LogP contribution is 2.25. The third kappa shape index (κ3) is 3.39. The van der Waals surface area contributed by atoms with Crippen LogP contribution in [0.15, 0.2) is 18.2 Å². The molecule has 0 fully saturated rings. The Kier molecular flexibility index (Phi) is 4.14. The highest BCUT2D eigenvalue weighted by Gasteiger charge is 2.17. The molecule has 2 nitrogen and oxygen atoms in total. The van der Waals surface area contributed by atoms with Crippen LogP contribution in [0.25, 0.3) is 0 Å². The van der Waals surface area contributed by atoms with Crippen LogP contribution in [0.3, 0.4) is 0 Å². The third-order valence-electron chi connectivity index (χ3n) is 2.20. The molecule has 0 spiro atoms. The molecular formula is C12H13ClFNO. The molecule has 1 rings (SSSR count). The molecule has 0 heterocycles. The minimum absolute atomic E-state index is 0.0389. The fourth-order valence-electron chi connectivity index (χ4n) is 1.07. The highest BCUT2D eigenvalue weighted by molar-refractivity contribution is 6.30. The first-order valence-electron chi connectivity index (χ1n) is 4.94. The fraction of sp³-hybridized carbons (Fsp3) is 0.417. The summed E-state index contributed by atoms with van der Waals surface area (Å²) in [4.78, 5) is 0. The molecule has 0 saturated heterocycles. The van der Waals surface area contributed by atoms with E-state index < -0.39 is 11.2 Å². The summed E-state index contributed by atoms with van der Waals surface area (Å²) in [6.45, 7) is 3.91. The summed E-state index contributed by atoms with van der Waals surface area (Å²) in [5.41, 5.74) is -0.463. The Morgan fingerprint density at radius 3 is 2.81 bits per heavy atom. The van der Waals surface area contributed by atoms with Gasteiger partial charge in [0.15, 0.2) is 11.6 Å². The average Bonchev–Trinajstić information content (AvgIpc) is 2.24. The molecule has 0 saturated carbocycles. The lowest BCUT2D eigenvalue weighted by Gasteiger charge is -2.15. The smallest absolute Gasteiger partial charge is 0.183 e. The summed E-state index contributed by atoms with van der Waals surface area (Å²) in [6.07, 6.45) is 0.537. The minimum atomic E-state index is -0.557. The van der Waals surface area contributed by atoms with Crippen LogP contribution < -0.4 is 4.74 Å². The lowest BCUT2D eigenvalue weighted by atomic mass is 9.92. The number of benzene rings is 1. The van der Waals surface area contributed by atoms with Crippen LogP contribution in [-0.2, 0) is 0 Å². The maximum atomic E-state index is 13.4. The van der Waals surface area contributed by atoms with E-state index in [1.165, 1.54) is 12.1 Å². The van der Waals surface area contributed by atoms with Gasteiger partial charge in [0.1, 0.15) is 0 Å². The molecule has 0 atom stereocenters. The van der Waals surface area contributed by atoms with Crippen molar-refractivity contribution in [3.63, 3.8) is 0 Å². The largest absolute Gasteiger partial charge is 0.490 e. The lowest BCUT2D eigenvalue weighted by Crippen LogP contribution is -2.13.